The van der Waals surface area contributed by atoms with Crippen LogP contribution in [0, 0.1) is 13.8 Å². The zero-order valence-corrected chi connectivity index (χ0v) is 24.0. The van der Waals surface area contributed by atoms with Gasteiger partial charge in [-0.2, -0.15) is 5.10 Å². The SMILES string of the molecule is Cc1c(-c2[nH]c3ccc(N4C[C@@H](C)N(C(C=O)N5CCCC5)C[C@@H]4C)nc3c2C(C)C)cn2ncnc2c1C. The molecule has 4 aromatic rings. The Balaban J connectivity index is 1.36. The fraction of sp³-hybridized carbons (Fsp3) is 0.533. The number of fused-ring (bicyclic) bond motifs is 2. The van der Waals surface area contributed by atoms with Gasteiger partial charge in [0.2, 0.25) is 0 Å². The zero-order chi connectivity index (χ0) is 27.4. The Morgan fingerprint density at radius 3 is 2.54 bits per heavy atom. The molecule has 0 amide bonds. The quantitative estimate of drug-likeness (QED) is 0.368. The number of aryl methyl sites for hydroxylation is 1. The van der Waals surface area contributed by atoms with E-state index in [2.05, 4.69) is 89.6 Å². The van der Waals surface area contributed by atoms with E-state index in [9.17, 15) is 4.79 Å². The van der Waals surface area contributed by atoms with Crippen LogP contribution in [0.3, 0.4) is 0 Å². The average molecular weight is 529 g/mol. The molecule has 0 aromatic carbocycles. The Kier molecular flexibility index (Phi) is 6.67. The van der Waals surface area contributed by atoms with E-state index in [1.54, 1.807) is 6.33 Å². The van der Waals surface area contributed by atoms with Gasteiger partial charge in [-0.15, -0.1) is 0 Å². The Morgan fingerprint density at radius 2 is 1.82 bits per heavy atom. The number of nitrogens with zero attached hydrogens (tertiary/aromatic N) is 7. The maximum atomic E-state index is 12.1. The second kappa shape index (κ2) is 10.0. The van der Waals surface area contributed by atoms with Gasteiger partial charge in [-0.05, 0) is 69.7 Å². The van der Waals surface area contributed by atoms with Crippen LogP contribution in [0.4, 0.5) is 5.82 Å². The Labute approximate surface area is 230 Å². The van der Waals surface area contributed by atoms with E-state index in [1.165, 1.54) is 24.0 Å². The summed E-state index contributed by atoms with van der Waals surface area (Å²) < 4.78 is 1.86. The first-order chi connectivity index (χ1) is 18.8. The molecule has 6 rings (SSSR count). The predicted molar refractivity (Wildman–Crippen MR) is 155 cm³/mol. The van der Waals surface area contributed by atoms with Gasteiger partial charge in [-0.1, -0.05) is 13.8 Å². The minimum atomic E-state index is -0.128. The Hall–Kier alpha value is -3.30. The molecule has 0 saturated carbocycles. The molecule has 0 aliphatic carbocycles. The maximum absolute atomic E-state index is 12.1. The Bertz CT molecular complexity index is 1510. The van der Waals surface area contributed by atoms with Crippen molar-refractivity contribution < 1.29 is 4.79 Å². The molecule has 2 fully saturated rings. The second-order valence-electron chi connectivity index (χ2n) is 11.8. The predicted octanol–water partition coefficient (Wildman–Crippen LogP) is 4.53. The minimum absolute atomic E-state index is 0.128. The van der Waals surface area contributed by atoms with Gasteiger partial charge >= 0.3 is 0 Å². The van der Waals surface area contributed by atoms with Crippen LogP contribution in [0.5, 0.6) is 0 Å². The van der Waals surface area contributed by atoms with Crippen molar-refractivity contribution in [2.75, 3.05) is 31.1 Å². The molecule has 0 bridgehead atoms. The van der Waals surface area contributed by atoms with Crippen LogP contribution >= 0.6 is 0 Å². The number of hydrogen-bond acceptors (Lipinski definition) is 7. The largest absolute Gasteiger partial charge is 0.353 e. The number of H-pyrrole nitrogens is 1. The summed E-state index contributed by atoms with van der Waals surface area (Å²) in [7, 11) is 0. The molecular weight excluding hydrogens is 488 g/mol. The number of nitrogens with one attached hydrogen (secondary N) is 1. The van der Waals surface area contributed by atoms with Gasteiger partial charge in [0.1, 0.15) is 18.3 Å². The van der Waals surface area contributed by atoms with Gasteiger partial charge in [0.05, 0.1) is 16.7 Å². The number of aldehydes is 1. The normalized spacial score (nSPS) is 22.0. The fourth-order valence-corrected chi connectivity index (χ4v) is 6.69. The molecule has 9 heteroatoms. The lowest BCUT2D eigenvalue weighted by Gasteiger charge is -2.48. The fourth-order valence-electron chi connectivity index (χ4n) is 6.69. The third-order valence-corrected chi connectivity index (χ3v) is 8.94. The van der Waals surface area contributed by atoms with Crippen LogP contribution < -0.4 is 4.90 Å². The number of aromatic nitrogens is 5. The highest BCUT2D eigenvalue weighted by atomic mass is 16.1. The summed E-state index contributed by atoms with van der Waals surface area (Å²) in [6.45, 7) is 16.9. The lowest BCUT2D eigenvalue weighted by Crippen LogP contribution is -2.63. The summed E-state index contributed by atoms with van der Waals surface area (Å²) in [6.07, 6.45) is 7.07. The van der Waals surface area contributed by atoms with Crippen molar-refractivity contribution in [3.8, 4) is 11.3 Å². The maximum Gasteiger partial charge on any atom is 0.158 e. The summed E-state index contributed by atoms with van der Waals surface area (Å²) in [5.74, 6) is 1.28. The van der Waals surface area contributed by atoms with Crippen molar-refractivity contribution in [3.63, 3.8) is 0 Å². The lowest BCUT2D eigenvalue weighted by molar-refractivity contribution is -0.120. The molecule has 0 spiro atoms. The van der Waals surface area contributed by atoms with Gasteiger partial charge in [0, 0.05) is 55.6 Å². The molecule has 206 valence electrons. The second-order valence-corrected chi connectivity index (χ2v) is 11.8. The highest BCUT2D eigenvalue weighted by Gasteiger charge is 2.37. The average Bonchev–Trinajstić information content (AvgIpc) is 3.68. The third kappa shape index (κ3) is 4.32. The van der Waals surface area contributed by atoms with Crippen molar-refractivity contribution in [1.29, 1.82) is 0 Å². The van der Waals surface area contributed by atoms with E-state index in [0.717, 1.165) is 71.8 Å². The molecule has 39 heavy (non-hydrogen) atoms. The molecule has 1 unspecified atom stereocenters. The number of piperazine rings is 1. The van der Waals surface area contributed by atoms with Crippen LogP contribution in [-0.2, 0) is 4.79 Å². The summed E-state index contributed by atoms with van der Waals surface area (Å²) in [6, 6.07) is 4.81. The lowest BCUT2D eigenvalue weighted by atomic mass is 9.95. The summed E-state index contributed by atoms with van der Waals surface area (Å²) in [4.78, 5) is 32.7. The molecular formula is C30H40N8O. The summed E-state index contributed by atoms with van der Waals surface area (Å²) in [5, 5.41) is 4.42. The van der Waals surface area contributed by atoms with Crippen molar-refractivity contribution >= 4 is 28.8 Å². The number of anilines is 1. The summed E-state index contributed by atoms with van der Waals surface area (Å²) in [5.41, 5.74) is 8.76. The molecule has 0 radical (unpaired) electrons. The highest BCUT2D eigenvalue weighted by Crippen LogP contribution is 2.38. The first-order valence-electron chi connectivity index (χ1n) is 14.3. The molecule has 2 aliphatic heterocycles. The van der Waals surface area contributed by atoms with E-state index in [4.69, 9.17) is 4.98 Å². The van der Waals surface area contributed by atoms with E-state index < -0.39 is 0 Å². The van der Waals surface area contributed by atoms with Crippen molar-refractivity contribution in [2.45, 2.75) is 78.6 Å². The van der Waals surface area contributed by atoms with Crippen molar-refractivity contribution in [2.24, 2.45) is 0 Å². The molecule has 4 aromatic heterocycles. The van der Waals surface area contributed by atoms with Crippen molar-refractivity contribution in [1.82, 2.24) is 34.4 Å². The van der Waals surface area contributed by atoms with Crippen LogP contribution in [0.25, 0.3) is 27.9 Å². The Morgan fingerprint density at radius 1 is 1.05 bits per heavy atom. The van der Waals surface area contributed by atoms with Gasteiger partial charge in [-0.3, -0.25) is 9.80 Å². The standard InChI is InChI=1S/C30H40N8O/c1-18(2)27-28(23-15-38-30(31-17-32-38)22(6)21(23)5)33-24-9-10-25(34-29(24)27)36-13-20(4)37(14-19(36)3)26(16-39)35-11-7-8-12-35/h9-10,15-20,26,33H,7-8,11-14H2,1-6H3/t19-,20+,26?/m0/s1. The number of carbonyl (C=O) groups is 1. The monoisotopic (exact) mass is 528 g/mol. The topological polar surface area (TPSA) is 85.7 Å². The first-order valence-corrected chi connectivity index (χ1v) is 14.3. The molecule has 2 saturated heterocycles. The van der Waals surface area contributed by atoms with E-state index in [1.807, 2.05) is 4.52 Å². The number of rotatable bonds is 6. The van der Waals surface area contributed by atoms with E-state index in [0.29, 0.717) is 0 Å². The molecule has 1 N–H and O–H groups in total. The third-order valence-electron chi connectivity index (χ3n) is 8.94. The zero-order valence-electron chi connectivity index (χ0n) is 24.0. The van der Waals surface area contributed by atoms with E-state index in [-0.39, 0.29) is 24.2 Å². The van der Waals surface area contributed by atoms with Crippen LogP contribution in [0.15, 0.2) is 24.7 Å². The number of pyridine rings is 2. The van der Waals surface area contributed by atoms with Gasteiger partial charge in [0.25, 0.3) is 0 Å². The minimum Gasteiger partial charge on any atom is -0.353 e. The van der Waals surface area contributed by atoms with Crippen LogP contribution in [0.1, 0.15) is 63.1 Å². The number of hydrogen-bond donors (Lipinski definition) is 1. The summed E-state index contributed by atoms with van der Waals surface area (Å²) >= 11 is 0. The van der Waals surface area contributed by atoms with Crippen LogP contribution in [-0.4, -0.2) is 85.1 Å². The molecule has 6 heterocycles. The molecule has 3 atom stereocenters. The smallest absolute Gasteiger partial charge is 0.158 e. The first kappa shape index (κ1) is 26.0. The van der Waals surface area contributed by atoms with Gasteiger partial charge < -0.3 is 14.7 Å². The number of carbonyl (C=O) groups excluding carboxylic acids is 1. The van der Waals surface area contributed by atoms with Crippen molar-refractivity contribution in [3.05, 3.63) is 41.3 Å². The number of likely N-dealkylation sites (tertiary alicyclic amines) is 1. The highest BCUT2D eigenvalue weighted by molar-refractivity contribution is 5.90. The van der Waals surface area contributed by atoms with Gasteiger partial charge in [-0.25, -0.2) is 14.5 Å². The number of aromatic amines is 1. The van der Waals surface area contributed by atoms with E-state index >= 15 is 0 Å². The van der Waals surface area contributed by atoms with Gasteiger partial charge in [0.15, 0.2) is 11.9 Å². The molecule has 2 aliphatic rings. The van der Waals surface area contributed by atoms with Crippen LogP contribution in [0.2, 0.25) is 0 Å². The molecule has 9 nitrogen and oxygen atoms in total.